The first-order valence-electron chi connectivity index (χ1n) is 6.63. The Morgan fingerprint density at radius 2 is 1.73 bits per heavy atom. The van der Waals surface area contributed by atoms with E-state index in [1.54, 1.807) is 18.2 Å². The molecular weight excluding hydrogens is 280 g/mol. The zero-order chi connectivity index (χ0) is 16.1. The van der Waals surface area contributed by atoms with Crippen LogP contribution < -0.4 is 0 Å². The van der Waals surface area contributed by atoms with Crippen molar-refractivity contribution in [1.82, 2.24) is 0 Å². The Morgan fingerprint density at radius 3 is 2.27 bits per heavy atom. The summed E-state index contributed by atoms with van der Waals surface area (Å²) >= 11 is 0. The van der Waals surface area contributed by atoms with Crippen LogP contribution >= 0.6 is 0 Å². The normalized spacial score (nSPS) is 11.4. The van der Waals surface area contributed by atoms with E-state index in [0.29, 0.717) is 11.1 Å². The molecule has 0 bridgehead atoms. The Labute approximate surface area is 128 Å². The summed E-state index contributed by atoms with van der Waals surface area (Å²) in [7, 11) is 0. The first-order chi connectivity index (χ1) is 10.5. The molecule has 0 saturated carbocycles. The minimum absolute atomic E-state index is 0.393. The van der Waals surface area contributed by atoms with E-state index >= 15 is 0 Å². The SMILES string of the molecule is C#Cc1cc(-c2ccccc2)cc(C(CC(=O)O)C(=O)O)c1. The summed E-state index contributed by atoms with van der Waals surface area (Å²) in [6.45, 7) is 0. The number of aliphatic carboxylic acids is 2. The number of terminal acetylenes is 1. The minimum Gasteiger partial charge on any atom is -0.481 e. The lowest BCUT2D eigenvalue weighted by Gasteiger charge is -2.13. The van der Waals surface area contributed by atoms with Gasteiger partial charge in [-0.2, -0.15) is 0 Å². The van der Waals surface area contributed by atoms with Crippen molar-refractivity contribution in [3.8, 4) is 23.5 Å². The molecule has 0 saturated heterocycles. The Kier molecular flexibility index (Phi) is 4.60. The van der Waals surface area contributed by atoms with Crippen molar-refractivity contribution in [1.29, 1.82) is 0 Å². The van der Waals surface area contributed by atoms with Crippen molar-refractivity contribution in [3.05, 3.63) is 59.7 Å². The third-order valence-corrected chi connectivity index (χ3v) is 3.31. The Morgan fingerprint density at radius 1 is 1.05 bits per heavy atom. The van der Waals surface area contributed by atoms with Gasteiger partial charge in [-0.25, -0.2) is 0 Å². The van der Waals surface area contributed by atoms with E-state index in [9.17, 15) is 14.7 Å². The Bertz CT molecular complexity index is 741. The van der Waals surface area contributed by atoms with Gasteiger partial charge in [0.05, 0.1) is 12.3 Å². The summed E-state index contributed by atoms with van der Waals surface area (Å²) < 4.78 is 0. The summed E-state index contributed by atoms with van der Waals surface area (Å²) in [6.07, 6.45) is 4.94. The Balaban J connectivity index is 2.54. The molecule has 0 aliphatic rings. The zero-order valence-corrected chi connectivity index (χ0v) is 11.7. The van der Waals surface area contributed by atoms with Gasteiger partial charge in [-0.05, 0) is 28.8 Å². The Hall–Kier alpha value is -3.06. The summed E-state index contributed by atoms with van der Waals surface area (Å²) in [5.74, 6) is -0.998. The van der Waals surface area contributed by atoms with Gasteiger partial charge in [0.15, 0.2) is 0 Å². The molecule has 0 amide bonds. The van der Waals surface area contributed by atoms with E-state index in [-0.39, 0.29) is 0 Å². The van der Waals surface area contributed by atoms with Crippen LogP contribution in [0.2, 0.25) is 0 Å². The molecule has 4 heteroatoms. The highest BCUT2D eigenvalue weighted by Gasteiger charge is 2.24. The van der Waals surface area contributed by atoms with Crippen molar-refractivity contribution in [2.45, 2.75) is 12.3 Å². The standard InChI is InChI=1S/C18H14O4/c1-2-12-8-14(13-6-4-3-5-7-13)10-15(9-12)16(18(21)22)11-17(19)20/h1,3-10,16H,11H2,(H,19,20)(H,21,22). The molecule has 1 unspecified atom stereocenters. The van der Waals surface area contributed by atoms with Crippen molar-refractivity contribution in [3.63, 3.8) is 0 Å². The monoisotopic (exact) mass is 294 g/mol. The topological polar surface area (TPSA) is 74.6 Å². The van der Waals surface area contributed by atoms with Crippen molar-refractivity contribution in [2.24, 2.45) is 0 Å². The molecule has 2 rings (SSSR count). The number of carbonyl (C=O) groups is 2. The second-order valence-corrected chi connectivity index (χ2v) is 4.84. The molecule has 2 aromatic carbocycles. The zero-order valence-electron chi connectivity index (χ0n) is 11.7. The van der Waals surface area contributed by atoms with Gasteiger partial charge in [-0.15, -0.1) is 6.42 Å². The lowest BCUT2D eigenvalue weighted by molar-refractivity contribution is -0.145. The van der Waals surface area contributed by atoms with Gasteiger partial charge in [0.1, 0.15) is 0 Å². The fourth-order valence-corrected chi connectivity index (χ4v) is 2.26. The van der Waals surface area contributed by atoms with Gasteiger partial charge in [-0.1, -0.05) is 42.3 Å². The number of hydrogen-bond donors (Lipinski definition) is 2. The van der Waals surface area contributed by atoms with Crippen LogP contribution in [-0.4, -0.2) is 22.2 Å². The maximum absolute atomic E-state index is 11.4. The highest BCUT2D eigenvalue weighted by atomic mass is 16.4. The van der Waals surface area contributed by atoms with Gasteiger partial charge in [0.2, 0.25) is 0 Å². The predicted molar refractivity (Wildman–Crippen MR) is 82.4 cm³/mol. The van der Waals surface area contributed by atoms with Gasteiger partial charge >= 0.3 is 11.9 Å². The van der Waals surface area contributed by atoms with Crippen LogP contribution in [0.4, 0.5) is 0 Å². The van der Waals surface area contributed by atoms with Crippen LogP contribution in [0.3, 0.4) is 0 Å². The fourth-order valence-electron chi connectivity index (χ4n) is 2.26. The van der Waals surface area contributed by atoms with E-state index in [2.05, 4.69) is 5.92 Å². The largest absolute Gasteiger partial charge is 0.481 e. The smallest absolute Gasteiger partial charge is 0.311 e. The van der Waals surface area contributed by atoms with E-state index in [1.165, 1.54) is 0 Å². The van der Waals surface area contributed by atoms with Crippen LogP contribution in [0, 0.1) is 12.3 Å². The summed E-state index contributed by atoms with van der Waals surface area (Å²) in [5, 5.41) is 18.2. The summed E-state index contributed by atoms with van der Waals surface area (Å²) in [4.78, 5) is 22.3. The highest BCUT2D eigenvalue weighted by Crippen LogP contribution is 2.28. The van der Waals surface area contributed by atoms with Gasteiger partial charge < -0.3 is 10.2 Å². The van der Waals surface area contributed by atoms with Crippen LogP contribution in [0.1, 0.15) is 23.5 Å². The van der Waals surface area contributed by atoms with Crippen LogP contribution in [-0.2, 0) is 9.59 Å². The maximum atomic E-state index is 11.4. The molecule has 22 heavy (non-hydrogen) atoms. The molecule has 0 radical (unpaired) electrons. The lowest BCUT2D eigenvalue weighted by Crippen LogP contribution is -2.16. The summed E-state index contributed by atoms with van der Waals surface area (Å²) in [5.41, 5.74) is 2.57. The quantitative estimate of drug-likeness (QED) is 0.831. The molecule has 0 heterocycles. The second kappa shape index (κ2) is 6.59. The molecule has 4 nitrogen and oxygen atoms in total. The first kappa shape index (κ1) is 15.3. The van der Waals surface area contributed by atoms with Crippen LogP contribution in [0.15, 0.2) is 48.5 Å². The molecule has 0 aliphatic carbocycles. The highest BCUT2D eigenvalue weighted by molar-refractivity contribution is 5.83. The van der Waals surface area contributed by atoms with Crippen LogP contribution in [0.25, 0.3) is 11.1 Å². The fraction of sp³-hybridized carbons (Fsp3) is 0.111. The third-order valence-electron chi connectivity index (χ3n) is 3.31. The number of rotatable bonds is 5. The van der Waals surface area contributed by atoms with E-state index < -0.39 is 24.3 Å². The van der Waals surface area contributed by atoms with Gasteiger partial charge in [0, 0.05) is 5.56 Å². The van der Waals surface area contributed by atoms with E-state index in [1.807, 2.05) is 30.3 Å². The van der Waals surface area contributed by atoms with E-state index in [0.717, 1.165) is 11.1 Å². The molecule has 0 spiro atoms. The molecule has 110 valence electrons. The molecule has 1 atom stereocenters. The van der Waals surface area contributed by atoms with E-state index in [4.69, 9.17) is 11.5 Å². The molecule has 0 aromatic heterocycles. The van der Waals surface area contributed by atoms with Crippen LogP contribution in [0.5, 0.6) is 0 Å². The minimum atomic E-state index is -1.18. The average molecular weight is 294 g/mol. The molecule has 0 fully saturated rings. The molecule has 0 aliphatic heterocycles. The molecule has 2 aromatic rings. The lowest BCUT2D eigenvalue weighted by atomic mass is 9.91. The number of carboxylic acids is 2. The number of hydrogen-bond acceptors (Lipinski definition) is 2. The number of benzene rings is 2. The molecule has 2 N–H and O–H groups in total. The van der Waals surface area contributed by atoms with Crippen molar-refractivity contribution >= 4 is 11.9 Å². The summed E-state index contributed by atoms with van der Waals surface area (Å²) in [6, 6.07) is 14.4. The first-order valence-corrected chi connectivity index (χ1v) is 6.63. The number of carboxylic acid groups (broad SMARTS) is 2. The molecular formula is C18H14O4. The third kappa shape index (κ3) is 3.53. The van der Waals surface area contributed by atoms with Crippen molar-refractivity contribution in [2.75, 3.05) is 0 Å². The maximum Gasteiger partial charge on any atom is 0.311 e. The van der Waals surface area contributed by atoms with Crippen molar-refractivity contribution < 1.29 is 19.8 Å². The predicted octanol–water partition coefficient (Wildman–Crippen LogP) is 2.98. The second-order valence-electron chi connectivity index (χ2n) is 4.84. The average Bonchev–Trinajstić information content (AvgIpc) is 2.52. The van der Waals surface area contributed by atoms with Gasteiger partial charge in [-0.3, -0.25) is 9.59 Å². The van der Waals surface area contributed by atoms with Gasteiger partial charge in [0.25, 0.3) is 0 Å².